The summed E-state index contributed by atoms with van der Waals surface area (Å²) in [7, 11) is 0. The van der Waals surface area contributed by atoms with Gasteiger partial charge in [0.25, 0.3) is 0 Å². The maximum atomic E-state index is 12.2. The number of hydrogen-bond donors (Lipinski definition) is 2. The van der Waals surface area contributed by atoms with E-state index in [4.69, 9.17) is 5.26 Å². The molecule has 3 rings (SSSR count). The summed E-state index contributed by atoms with van der Waals surface area (Å²) >= 11 is 0. The molecule has 1 aliphatic rings. The van der Waals surface area contributed by atoms with Crippen LogP contribution >= 0.6 is 0 Å². The van der Waals surface area contributed by atoms with Crippen LogP contribution in [0.5, 0.6) is 0 Å². The Labute approximate surface area is 161 Å². The molecule has 1 atom stereocenters. The molecule has 1 unspecified atom stereocenters. The van der Waals surface area contributed by atoms with Gasteiger partial charge < -0.3 is 10.6 Å². The molecule has 1 fully saturated rings. The Morgan fingerprint density at radius 1 is 1.11 bits per heavy atom. The Morgan fingerprint density at radius 3 is 2.63 bits per heavy atom. The number of piperidine rings is 1. The average molecular weight is 362 g/mol. The number of benzene rings is 2. The Balaban J connectivity index is 1.45. The zero-order valence-corrected chi connectivity index (χ0v) is 15.5. The minimum absolute atomic E-state index is 0.00963. The maximum absolute atomic E-state index is 12.2. The zero-order valence-electron chi connectivity index (χ0n) is 15.5. The van der Waals surface area contributed by atoms with Crippen molar-refractivity contribution < 1.29 is 4.79 Å². The van der Waals surface area contributed by atoms with Gasteiger partial charge in [0.15, 0.2) is 0 Å². The second-order valence-corrected chi connectivity index (χ2v) is 6.95. The molecule has 5 nitrogen and oxygen atoms in total. The molecule has 0 spiro atoms. The second-order valence-electron chi connectivity index (χ2n) is 6.95. The molecule has 0 aliphatic carbocycles. The van der Waals surface area contributed by atoms with Crippen molar-refractivity contribution in [2.24, 2.45) is 0 Å². The summed E-state index contributed by atoms with van der Waals surface area (Å²) in [5, 5.41) is 15.0. The van der Waals surface area contributed by atoms with Gasteiger partial charge in [-0.2, -0.15) is 5.26 Å². The molecule has 2 aromatic rings. The molecule has 5 heteroatoms. The van der Waals surface area contributed by atoms with Crippen molar-refractivity contribution in [3.63, 3.8) is 0 Å². The molecule has 1 saturated heterocycles. The zero-order chi connectivity index (χ0) is 18.9. The van der Waals surface area contributed by atoms with Crippen molar-refractivity contribution >= 4 is 11.6 Å². The first-order valence-electron chi connectivity index (χ1n) is 9.53. The van der Waals surface area contributed by atoms with Gasteiger partial charge in [0.1, 0.15) is 0 Å². The van der Waals surface area contributed by atoms with Crippen LogP contribution in [0.1, 0.15) is 30.4 Å². The molecule has 2 N–H and O–H groups in total. The van der Waals surface area contributed by atoms with Crippen molar-refractivity contribution in [3.05, 3.63) is 65.7 Å². The number of amides is 1. The molecule has 140 valence electrons. The molecule has 0 aromatic heterocycles. The van der Waals surface area contributed by atoms with Crippen LogP contribution in [-0.4, -0.2) is 36.5 Å². The Bertz CT molecular complexity index is 767. The lowest BCUT2D eigenvalue weighted by atomic mass is 10.0. The van der Waals surface area contributed by atoms with Crippen LogP contribution in [0.4, 0.5) is 5.69 Å². The first-order chi connectivity index (χ1) is 13.2. The highest BCUT2D eigenvalue weighted by Gasteiger charge is 2.22. The largest absolute Gasteiger partial charge is 0.376 e. The number of hydrogen-bond acceptors (Lipinski definition) is 4. The van der Waals surface area contributed by atoms with E-state index in [-0.39, 0.29) is 12.5 Å². The first-order valence-corrected chi connectivity index (χ1v) is 9.53. The van der Waals surface area contributed by atoms with E-state index >= 15 is 0 Å². The van der Waals surface area contributed by atoms with Crippen LogP contribution in [0.2, 0.25) is 0 Å². The van der Waals surface area contributed by atoms with E-state index in [1.54, 1.807) is 12.1 Å². The fraction of sp³-hybridized carbons (Fsp3) is 0.364. The van der Waals surface area contributed by atoms with Gasteiger partial charge in [-0.25, -0.2) is 0 Å². The number of anilines is 1. The molecule has 0 radical (unpaired) electrons. The van der Waals surface area contributed by atoms with Gasteiger partial charge in [-0.3, -0.25) is 9.69 Å². The van der Waals surface area contributed by atoms with Crippen molar-refractivity contribution in [1.82, 2.24) is 10.2 Å². The third-order valence-electron chi connectivity index (χ3n) is 4.98. The number of rotatable bonds is 7. The molecule has 27 heavy (non-hydrogen) atoms. The third kappa shape index (κ3) is 5.83. The van der Waals surface area contributed by atoms with Gasteiger partial charge in [-0.15, -0.1) is 0 Å². The number of carbonyl (C=O) groups excluding carboxylic acids is 1. The summed E-state index contributed by atoms with van der Waals surface area (Å²) in [6, 6.07) is 20.1. The SMILES string of the molecule is N#Cc1ccc(NCC(=O)NCC2CCCCN2Cc2ccccc2)cc1. The molecule has 1 aliphatic heterocycles. The Morgan fingerprint density at radius 2 is 1.89 bits per heavy atom. The molecule has 1 heterocycles. The van der Waals surface area contributed by atoms with Gasteiger partial charge in [0.05, 0.1) is 18.2 Å². The second kappa shape index (κ2) is 9.75. The quantitative estimate of drug-likeness (QED) is 0.794. The van der Waals surface area contributed by atoms with Crippen LogP contribution in [-0.2, 0) is 11.3 Å². The first kappa shape index (κ1) is 18.9. The highest BCUT2D eigenvalue weighted by atomic mass is 16.1. The molecular formula is C22H26N4O. The predicted molar refractivity (Wildman–Crippen MR) is 107 cm³/mol. The number of nitriles is 1. The average Bonchev–Trinajstić information content (AvgIpc) is 2.73. The Hall–Kier alpha value is -2.84. The number of carbonyl (C=O) groups is 1. The third-order valence-corrected chi connectivity index (χ3v) is 4.98. The van der Waals surface area contributed by atoms with E-state index in [0.29, 0.717) is 18.2 Å². The molecule has 0 bridgehead atoms. The highest BCUT2D eigenvalue weighted by Crippen LogP contribution is 2.19. The van der Waals surface area contributed by atoms with E-state index in [9.17, 15) is 4.79 Å². The summed E-state index contributed by atoms with van der Waals surface area (Å²) in [6.45, 7) is 2.93. The fourth-order valence-electron chi connectivity index (χ4n) is 3.46. The van der Waals surface area contributed by atoms with Crippen molar-refractivity contribution in [2.45, 2.75) is 31.8 Å². The summed E-state index contributed by atoms with van der Waals surface area (Å²) < 4.78 is 0. The van der Waals surface area contributed by atoms with Crippen molar-refractivity contribution in [1.29, 1.82) is 5.26 Å². The standard InChI is InChI=1S/C22H26N4O/c23-14-18-9-11-20(12-10-18)24-16-22(27)25-15-21-8-4-5-13-26(21)17-19-6-2-1-3-7-19/h1-3,6-7,9-12,21,24H,4-5,8,13,15-17H2,(H,25,27). The van der Waals surface area contributed by atoms with Gasteiger partial charge in [0, 0.05) is 24.8 Å². The van der Waals surface area contributed by atoms with E-state index < -0.39 is 0 Å². The van der Waals surface area contributed by atoms with Crippen LogP contribution in [0.3, 0.4) is 0 Å². The van der Waals surface area contributed by atoms with Crippen LogP contribution in [0, 0.1) is 11.3 Å². The van der Waals surface area contributed by atoms with Gasteiger partial charge in [0.2, 0.25) is 5.91 Å². The molecule has 1 amide bonds. The topological polar surface area (TPSA) is 68.2 Å². The number of likely N-dealkylation sites (tertiary alicyclic amines) is 1. The van der Waals surface area contributed by atoms with E-state index in [0.717, 1.165) is 25.2 Å². The van der Waals surface area contributed by atoms with E-state index in [2.05, 4.69) is 45.9 Å². The molecule has 2 aromatic carbocycles. The fourth-order valence-corrected chi connectivity index (χ4v) is 3.46. The summed E-state index contributed by atoms with van der Waals surface area (Å²) in [4.78, 5) is 14.7. The van der Waals surface area contributed by atoms with Crippen LogP contribution < -0.4 is 10.6 Å². The minimum atomic E-state index is -0.00963. The monoisotopic (exact) mass is 362 g/mol. The normalized spacial score (nSPS) is 17.1. The Kier molecular flexibility index (Phi) is 6.84. The van der Waals surface area contributed by atoms with Crippen LogP contribution in [0.15, 0.2) is 54.6 Å². The van der Waals surface area contributed by atoms with Gasteiger partial charge in [-0.05, 0) is 49.2 Å². The van der Waals surface area contributed by atoms with Gasteiger partial charge >= 0.3 is 0 Å². The van der Waals surface area contributed by atoms with Crippen molar-refractivity contribution in [2.75, 3.05) is 25.0 Å². The number of nitrogens with zero attached hydrogens (tertiary/aromatic N) is 2. The van der Waals surface area contributed by atoms with Gasteiger partial charge in [-0.1, -0.05) is 36.8 Å². The lowest BCUT2D eigenvalue weighted by molar-refractivity contribution is -0.119. The minimum Gasteiger partial charge on any atom is -0.376 e. The lowest BCUT2D eigenvalue weighted by Gasteiger charge is -2.36. The van der Waals surface area contributed by atoms with E-state index in [1.165, 1.54) is 18.4 Å². The smallest absolute Gasteiger partial charge is 0.239 e. The lowest BCUT2D eigenvalue weighted by Crippen LogP contribution is -2.47. The molecule has 0 saturated carbocycles. The summed E-state index contributed by atoms with van der Waals surface area (Å²) in [6.07, 6.45) is 3.56. The highest BCUT2D eigenvalue weighted by molar-refractivity contribution is 5.80. The summed E-state index contributed by atoms with van der Waals surface area (Å²) in [5.41, 5.74) is 2.77. The van der Waals surface area contributed by atoms with Crippen LogP contribution in [0.25, 0.3) is 0 Å². The van der Waals surface area contributed by atoms with E-state index in [1.807, 2.05) is 18.2 Å². The maximum Gasteiger partial charge on any atom is 0.239 e. The number of nitrogens with one attached hydrogen (secondary N) is 2. The predicted octanol–water partition coefficient (Wildman–Crippen LogP) is 3.14. The van der Waals surface area contributed by atoms with Crippen molar-refractivity contribution in [3.8, 4) is 6.07 Å². The molecular weight excluding hydrogens is 336 g/mol. The summed E-state index contributed by atoms with van der Waals surface area (Å²) in [5.74, 6) is -0.00963.